The number of amides is 1. The van der Waals surface area contributed by atoms with Crippen LogP contribution in [0.1, 0.15) is 36.7 Å². The van der Waals surface area contributed by atoms with E-state index in [-0.39, 0.29) is 5.91 Å². The second-order valence-electron chi connectivity index (χ2n) is 7.71. The van der Waals surface area contributed by atoms with Crippen molar-refractivity contribution in [3.05, 3.63) is 70.1 Å². The number of rotatable bonds is 4. The molecule has 152 valence electrons. The van der Waals surface area contributed by atoms with Gasteiger partial charge in [-0.2, -0.15) is 0 Å². The lowest BCUT2D eigenvalue weighted by Gasteiger charge is -2.21. The van der Waals surface area contributed by atoms with Gasteiger partial charge in [-0.15, -0.1) is 0 Å². The molecule has 2 N–H and O–H groups in total. The van der Waals surface area contributed by atoms with Crippen molar-refractivity contribution in [3.8, 4) is 0 Å². The largest absolute Gasteiger partial charge is 0.423 e. The Kier molecular flexibility index (Phi) is 5.23. The molecule has 0 radical (unpaired) electrons. The van der Waals surface area contributed by atoms with E-state index < -0.39 is 20.4 Å². The van der Waals surface area contributed by atoms with E-state index in [1.807, 2.05) is 0 Å². The van der Waals surface area contributed by atoms with Gasteiger partial charge >= 0.3 is 5.63 Å². The predicted octanol–water partition coefficient (Wildman–Crippen LogP) is 3.89. The maximum atomic E-state index is 12.6. The van der Waals surface area contributed by atoms with E-state index in [9.17, 15) is 18.0 Å². The van der Waals surface area contributed by atoms with Crippen molar-refractivity contribution in [1.29, 1.82) is 0 Å². The lowest BCUT2D eigenvalue weighted by Crippen LogP contribution is -2.33. The number of aryl methyl sites for hydroxylation is 1. The molecule has 0 aliphatic carbocycles. The fourth-order valence-electron chi connectivity index (χ4n) is 2.57. The minimum absolute atomic E-state index is 0.338. The SMILES string of the molecule is Cc1cc(C(=O)Nc2ccc3oc(=O)ccc3c2)ccc1NS(=O)(=O)C(C)(C)C. The molecule has 1 aromatic heterocycles. The van der Waals surface area contributed by atoms with Crippen LogP contribution >= 0.6 is 0 Å². The van der Waals surface area contributed by atoms with E-state index in [1.54, 1.807) is 70.2 Å². The van der Waals surface area contributed by atoms with Crippen molar-refractivity contribution in [2.45, 2.75) is 32.4 Å². The van der Waals surface area contributed by atoms with Crippen LogP contribution in [0.2, 0.25) is 0 Å². The van der Waals surface area contributed by atoms with Gasteiger partial charge in [-0.25, -0.2) is 13.2 Å². The second-order valence-corrected chi connectivity index (χ2v) is 10.1. The molecular weight excluding hydrogens is 392 g/mol. The summed E-state index contributed by atoms with van der Waals surface area (Å²) >= 11 is 0. The molecule has 0 fully saturated rings. The quantitative estimate of drug-likeness (QED) is 0.630. The van der Waals surface area contributed by atoms with Crippen LogP contribution in [0, 0.1) is 6.92 Å². The molecule has 0 bridgehead atoms. The third-order valence-electron chi connectivity index (χ3n) is 4.42. The zero-order valence-electron chi connectivity index (χ0n) is 16.6. The predicted molar refractivity (Wildman–Crippen MR) is 114 cm³/mol. The summed E-state index contributed by atoms with van der Waals surface area (Å²) in [6.07, 6.45) is 0. The maximum absolute atomic E-state index is 12.6. The Morgan fingerprint density at radius 3 is 2.38 bits per heavy atom. The number of sulfonamides is 1. The van der Waals surface area contributed by atoms with E-state index in [4.69, 9.17) is 4.42 Å². The summed E-state index contributed by atoms with van der Waals surface area (Å²) in [6.45, 7) is 6.57. The van der Waals surface area contributed by atoms with Gasteiger partial charge in [0.1, 0.15) is 5.58 Å². The number of benzene rings is 2. The fraction of sp³-hybridized carbons (Fsp3) is 0.238. The van der Waals surface area contributed by atoms with Crippen molar-refractivity contribution in [3.63, 3.8) is 0 Å². The summed E-state index contributed by atoms with van der Waals surface area (Å²) in [5.74, 6) is -0.338. The normalized spacial score (nSPS) is 12.0. The summed E-state index contributed by atoms with van der Waals surface area (Å²) < 4.78 is 31.4. The van der Waals surface area contributed by atoms with Gasteiger partial charge in [-0.1, -0.05) is 0 Å². The molecule has 7 nitrogen and oxygen atoms in total. The monoisotopic (exact) mass is 414 g/mol. The van der Waals surface area contributed by atoms with Crippen molar-refractivity contribution >= 4 is 38.3 Å². The number of carbonyl (C=O) groups excluding carboxylic acids is 1. The molecular formula is C21H22N2O5S. The number of carbonyl (C=O) groups is 1. The molecule has 29 heavy (non-hydrogen) atoms. The first-order chi connectivity index (χ1) is 13.5. The fourth-order valence-corrected chi connectivity index (χ4v) is 3.39. The second kappa shape index (κ2) is 7.36. The van der Waals surface area contributed by atoms with Gasteiger partial charge < -0.3 is 9.73 Å². The van der Waals surface area contributed by atoms with Crippen molar-refractivity contribution < 1.29 is 17.6 Å². The van der Waals surface area contributed by atoms with E-state index in [2.05, 4.69) is 10.0 Å². The number of hydrogen-bond donors (Lipinski definition) is 2. The summed E-state index contributed by atoms with van der Waals surface area (Å²) in [7, 11) is -3.56. The summed E-state index contributed by atoms with van der Waals surface area (Å²) in [4.78, 5) is 23.8. The minimum atomic E-state index is -3.56. The molecule has 3 aromatic rings. The average molecular weight is 414 g/mol. The standard InChI is InChI=1S/C21H22N2O5S/c1-13-11-15(5-8-17(13)23-29(26,27)21(2,3)4)20(25)22-16-7-9-18-14(12-16)6-10-19(24)28-18/h5-12,23H,1-4H3,(H,22,25). The Morgan fingerprint density at radius 2 is 1.72 bits per heavy atom. The zero-order valence-corrected chi connectivity index (χ0v) is 17.4. The van der Waals surface area contributed by atoms with E-state index in [0.29, 0.717) is 33.5 Å². The first-order valence-electron chi connectivity index (χ1n) is 8.94. The van der Waals surface area contributed by atoms with Crippen molar-refractivity contribution in [1.82, 2.24) is 0 Å². The average Bonchev–Trinajstić information content (AvgIpc) is 2.62. The van der Waals surface area contributed by atoms with E-state index in [1.165, 1.54) is 6.07 Å². The van der Waals surface area contributed by atoms with Gasteiger partial charge in [0, 0.05) is 22.7 Å². The van der Waals surface area contributed by atoms with Crippen molar-refractivity contribution in [2.75, 3.05) is 10.0 Å². The molecule has 1 heterocycles. The molecule has 3 rings (SSSR count). The Balaban J connectivity index is 1.81. The van der Waals surface area contributed by atoms with Crippen LogP contribution in [0.15, 0.2) is 57.7 Å². The molecule has 0 unspecified atom stereocenters. The van der Waals surface area contributed by atoms with E-state index >= 15 is 0 Å². The Bertz CT molecular complexity index is 1250. The highest BCUT2D eigenvalue weighted by Crippen LogP contribution is 2.24. The summed E-state index contributed by atoms with van der Waals surface area (Å²) in [5, 5.41) is 3.47. The lowest BCUT2D eigenvalue weighted by atomic mass is 10.1. The first-order valence-corrected chi connectivity index (χ1v) is 10.4. The number of nitrogens with one attached hydrogen (secondary N) is 2. The molecule has 0 spiro atoms. The van der Waals surface area contributed by atoms with E-state index in [0.717, 1.165) is 0 Å². The van der Waals surface area contributed by atoms with Crippen LogP contribution in [0.5, 0.6) is 0 Å². The first kappa shape index (κ1) is 20.6. The zero-order chi connectivity index (χ0) is 21.4. The van der Waals surface area contributed by atoms with Crippen LogP contribution in [0.3, 0.4) is 0 Å². The van der Waals surface area contributed by atoms with Gasteiger partial charge in [0.25, 0.3) is 5.91 Å². The van der Waals surface area contributed by atoms with Gasteiger partial charge in [0.05, 0.1) is 10.4 Å². The minimum Gasteiger partial charge on any atom is -0.423 e. The third kappa shape index (κ3) is 4.48. The van der Waals surface area contributed by atoms with Gasteiger partial charge in [0.15, 0.2) is 0 Å². The molecule has 0 saturated carbocycles. The molecule has 2 aromatic carbocycles. The van der Waals surface area contributed by atoms with Gasteiger partial charge in [-0.3, -0.25) is 9.52 Å². The molecule has 1 amide bonds. The highest BCUT2D eigenvalue weighted by atomic mass is 32.2. The molecule has 0 aliphatic rings. The van der Waals surface area contributed by atoms with Crippen LogP contribution in [0.25, 0.3) is 11.0 Å². The third-order valence-corrected chi connectivity index (χ3v) is 6.52. The maximum Gasteiger partial charge on any atom is 0.336 e. The summed E-state index contributed by atoms with van der Waals surface area (Å²) in [5.41, 5.74) is 1.99. The van der Waals surface area contributed by atoms with Crippen LogP contribution < -0.4 is 15.7 Å². The number of hydrogen-bond acceptors (Lipinski definition) is 5. The smallest absolute Gasteiger partial charge is 0.336 e. The van der Waals surface area contributed by atoms with Gasteiger partial charge in [-0.05, 0) is 75.7 Å². The Morgan fingerprint density at radius 1 is 1.00 bits per heavy atom. The number of fused-ring (bicyclic) bond motifs is 1. The van der Waals surface area contributed by atoms with Crippen molar-refractivity contribution in [2.24, 2.45) is 0 Å². The van der Waals surface area contributed by atoms with Crippen LogP contribution in [-0.4, -0.2) is 19.1 Å². The van der Waals surface area contributed by atoms with Gasteiger partial charge in [0.2, 0.25) is 10.0 Å². The number of anilines is 2. The lowest BCUT2D eigenvalue weighted by molar-refractivity contribution is 0.102. The Labute approximate surface area is 168 Å². The topological polar surface area (TPSA) is 105 Å². The van der Waals surface area contributed by atoms with Crippen LogP contribution in [-0.2, 0) is 10.0 Å². The highest BCUT2D eigenvalue weighted by molar-refractivity contribution is 7.94. The summed E-state index contributed by atoms with van der Waals surface area (Å²) in [6, 6.07) is 12.6. The molecule has 8 heteroatoms. The molecule has 0 aliphatic heterocycles. The molecule has 0 atom stereocenters. The molecule has 0 saturated heterocycles. The van der Waals surface area contributed by atoms with Crippen LogP contribution in [0.4, 0.5) is 11.4 Å². The highest BCUT2D eigenvalue weighted by Gasteiger charge is 2.29. The Hall–Kier alpha value is -3.13.